The molecule has 0 spiro atoms. The average Bonchev–Trinajstić information content (AvgIpc) is 3.06. The van der Waals surface area contributed by atoms with Crippen LogP contribution >= 0.6 is 0 Å². The molecule has 1 heterocycles. The van der Waals surface area contributed by atoms with Crippen LogP contribution < -0.4 is 15.1 Å². The lowest BCUT2D eigenvalue weighted by molar-refractivity contribution is -0.121. The fraction of sp³-hybridized carbons (Fsp3) is 0.435. The molecule has 1 amide bonds. The van der Waals surface area contributed by atoms with Crippen molar-refractivity contribution in [3.8, 4) is 0 Å². The molecule has 2 aromatic rings. The van der Waals surface area contributed by atoms with Crippen molar-refractivity contribution in [3.05, 3.63) is 59.7 Å². The molecule has 1 N–H and O–H groups in total. The van der Waals surface area contributed by atoms with E-state index in [1.54, 1.807) is 0 Å². The number of benzene rings is 2. The zero-order chi connectivity index (χ0) is 19.4. The van der Waals surface area contributed by atoms with Crippen LogP contribution in [0.3, 0.4) is 0 Å². The van der Waals surface area contributed by atoms with Crippen molar-refractivity contribution < 1.29 is 4.79 Å². The van der Waals surface area contributed by atoms with Crippen LogP contribution in [-0.4, -0.2) is 33.1 Å². The molecule has 27 heavy (non-hydrogen) atoms. The summed E-state index contributed by atoms with van der Waals surface area (Å²) in [5.74, 6) is 0.503. The molecule has 0 aromatic heterocycles. The van der Waals surface area contributed by atoms with Gasteiger partial charge in [0.25, 0.3) is 0 Å². The fourth-order valence-electron chi connectivity index (χ4n) is 3.74. The number of amides is 1. The van der Waals surface area contributed by atoms with E-state index in [1.165, 1.54) is 22.5 Å². The van der Waals surface area contributed by atoms with E-state index in [0.29, 0.717) is 18.9 Å². The lowest BCUT2D eigenvalue weighted by atomic mass is 10.0. The Labute approximate surface area is 163 Å². The summed E-state index contributed by atoms with van der Waals surface area (Å²) in [6, 6.07) is 17.4. The van der Waals surface area contributed by atoms with Crippen LogP contribution in [0.15, 0.2) is 48.5 Å². The SMILES string of the molecule is CC(C)CC(=O)NC[C@@H](c1ccc(N(C)C)cc1)N1CCc2ccccc21. The monoisotopic (exact) mass is 365 g/mol. The van der Waals surface area contributed by atoms with Gasteiger partial charge in [0.15, 0.2) is 0 Å². The summed E-state index contributed by atoms with van der Waals surface area (Å²) < 4.78 is 0. The molecule has 4 heteroatoms. The molecule has 3 rings (SSSR count). The first-order valence-corrected chi connectivity index (χ1v) is 9.84. The summed E-state index contributed by atoms with van der Waals surface area (Å²) in [4.78, 5) is 16.8. The van der Waals surface area contributed by atoms with Gasteiger partial charge in [0.1, 0.15) is 0 Å². The number of para-hydroxylation sites is 1. The Morgan fingerprint density at radius 1 is 1.11 bits per heavy atom. The third-order valence-electron chi connectivity index (χ3n) is 5.18. The Bertz CT molecular complexity index is 767. The number of hydrogen-bond acceptors (Lipinski definition) is 3. The molecule has 0 saturated carbocycles. The quantitative estimate of drug-likeness (QED) is 0.805. The van der Waals surface area contributed by atoms with E-state index in [0.717, 1.165) is 13.0 Å². The van der Waals surface area contributed by atoms with Gasteiger partial charge >= 0.3 is 0 Å². The molecule has 0 radical (unpaired) electrons. The number of nitrogens with zero attached hydrogens (tertiary/aromatic N) is 2. The van der Waals surface area contributed by atoms with E-state index in [2.05, 4.69) is 91.6 Å². The Morgan fingerprint density at radius 3 is 2.48 bits per heavy atom. The van der Waals surface area contributed by atoms with Crippen molar-refractivity contribution >= 4 is 17.3 Å². The lowest BCUT2D eigenvalue weighted by Gasteiger charge is -2.31. The van der Waals surface area contributed by atoms with Crippen LogP contribution in [-0.2, 0) is 11.2 Å². The zero-order valence-electron chi connectivity index (χ0n) is 16.9. The summed E-state index contributed by atoms with van der Waals surface area (Å²) in [5, 5.41) is 3.17. The maximum Gasteiger partial charge on any atom is 0.220 e. The van der Waals surface area contributed by atoms with Gasteiger partial charge in [-0.1, -0.05) is 44.2 Å². The van der Waals surface area contributed by atoms with Gasteiger partial charge in [-0.25, -0.2) is 0 Å². The molecule has 4 nitrogen and oxygen atoms in total. The highest BCUT2D eigenvalue weighted by atomic mass is 16.1. The average molecular weight is 366 g/mol. The standard InChI is InChI=1S/C23H31N3O/c1-17(2)15-23(27)24-16-22(19-9-11-20(12-10-19)25(3)4)26-14-13-18-7-5-6-8-21(18)26/h5-12,17,22H,13-16H2,1-4H3,(H,24,27)/t22-/m0/s1. The number of fused-ring (bicyclic) bond motifs is 1. The Morgan fingerprint density at radius 2 is 1.81 bits per heavy atom. The molecule has 1 atom stereocenters. The van der Waals surface area contributed by atoms with Crippen molar-refractivity contribution in [1.82, 2.24) is 5.32 Å². The minimum absolute atomic E-state index is 0.132. The molecule has 0 bridgehead atoms. The van der Waals surface area contributed by atoms with Crippen LogP contribution in [0.4, 0.5) is 11.4 Å². The Balaban J connectivity index is 1.84. The molecule has 0 aliphatic carbocycles. The van der Waals surface area contributed by atoms with Crippen LogP contribution in [0.2, 0.25) is 0 Å². The van der Waals surface area contributed by atoms with E-state index in [4.69, 9.17) is 0 Å². The van der Waals surface area contributed by atoms with Gasteiger partial charge in [0, 0.05) is 45.0 Å². The predicted molar refractivity (Wildman–Crippen MR) is 113 cm³/mol. The maximum atomic E-state index is 12.3. The lowest BCUT2D eigenvalue weighted by Crippen LogP contribution is -2.37. The van der Waals surface area contributed by atoms with Crippen LogP contribution in [0, 0.1) is 5.92 Å². The Hall–Kier alpha value is -2.49. The molecular weight excluding hydrogens is 334 g/mol. The molecule has 0 saturated heterocycles. The minimum Gasteiger partial charge on any atom is -0.378 e. The van der Waals surface area contributed by atoms with Crippen molar-refractivity contribution in [2.24, 2.45) is 5.92 Å². The number of carbonyl (C=O) groups is 1. The first-order chi connectivity index (χ1) is 13.0. The van der Waals surface area contributed by atoms with Gasteiger partial charge in [-0.3, -0.25) is 4.79 Å². The van der Waals surface area contributed by atoms with Crippen molar-refractivity contribution in [2.45, 2.75) is 32.7 Å². The highest BCUT2D eigenvalue weighted by Gasteiger charge is 2.27. The van der Waals surface area contributed by atoms with Gasteiger partial charge in [0.05, 0.1) is 6.04 Å². The third-order valence-corrected chi connectivity index (χ3v) is 5.18. The van der Waals surface area contributed by atoms with E-state index in [-0.39, 0.29) is 11.9 Å². The second kappa shape index (κ2) is 8.47. The second-order valence-electron chi connectivity index (χ2n) is 7.98. The van der Waals surface area contributed by atoms with Crippen LogP contribution in [0.25, 0.3) is 0 Å². The van der Waals surface area contributed by atoms with Gasteiger partial charge in [-0.15, -0.1) is 0 Å². The summed E-state index contributed by atoms with van der Waals surface area (Å²) in [6.45, 7) is 5.77. The number of nitrogens with one attached hydrogen (secondary N) is 1. The highest BCUT2D eigenvalue weighted by molar-refractivity contribution is 5.76. The van der Waals surface area contributed by atoms with Crippen molar-refractivity contribution in [1.29, 1.82) is 0 Å². The summed E-state index contributed by atoms with van der Waals surface area (Å²) in [6.07, 6.45) is 1.63. The topological polar surface area (TPSA) is 35.6 Å². The van der Waals surface area contributed by atoms with Crippen molar-refractivity contribution in [3.63, 3.8) is 0 Å². The van der Waals surface area contributed by atoms with E-state index in [9.17, 15) is 4.79 Å². The largest absolute Gasteiger partial charge is 0.378 e. The first-order valence-electron chi connectivity index (χ1n) is 9.84. The van der Waals surface area contributed by atoms with Crippen molar-refractivity contribution in [2.75, 3.05) is 37.0 Å². The number of anilines is 2. The first kappa shape index (κ1) is 19.3. The van der Waals surface area contributed by atoms with E-state index >= 15 is 0 Å². The third kappa shape index (κ3) is 4.62. The maximum absolute atomic E-state index is 12.3. The van der Waals surface area contributed by atoms with Gasteiger partial charge in [-0.05, 0) is 41.7 Å². The van der Waals surface area contributed by atoms with Gasteiger partial charge in [0.2, 0.25) is 5.91 Å². The number of rotatable bonds is 7. The highest BCUT2D eigenvalue weighted by Crippen LogP contribution is 2.35. The molecule has 2 aromatic carbocycles. The molecule has 144 valence electrons. The normalized spacial score (nSPS) is 14.2. The summed E-state index contributed by atoms with van der Waals surface area (Å²) in [7, 11) is 4.10. The summed E-state index contributed by atoms with van der Waals surface area (Å²) in [5.41, 5.74) is 5.10. The molecule has 0 unspecified atom stereocenters. The fourth-order valence-corrected chi connectivity index (χ4v) is 3.74. The van der Waals surface area contributed by atoms with Gasteiger partial charge < -0.3 is 15.1 Å². The number of hydrogen-bond donors (Lipinski definition) is 1. The van der Waals surface area contributed by atoms with E-state index < -0.39 is 0 Å². The second-order valence-corrected chi connectivity index (χ2v) is 7.98. The van der Waals surface area contributed by atoms with E-state index in [1.807, 2.05) is 0 Å². The van der Waals surface area contributed by atoms with Crippen LogP contribution in [0.5, 0.6) is 0 Å². The predicted octanol–water partition coefficient (Wildman–Crippen LogP) is 4.02. The summed E-state index contributed by atoms with van der Waals surface area (Å²) >= 11 is 0. The zero-order valence-corrected chi connectivity index (χ0v) is 16.9. The van der Waals surface area contributed by atoms with Gasteiger partial charge in [-0.2, -0.15) is 0 Å². The molecule has 1 aliphatic heterocycles. The molecular formula is C23H31N3O. The molecule has 0 fully saturated rings. The molecule has 1 aliphatic rings. The smallest absolute Gasteiger partial charge is 0.220 e. The minimum atomic E-state index is 0.132. The van der Waals surface area contributed by atoms with Crippen LogP contribution in [0.1, 0.15) is 37.4 Å². The number of carbonyl (C=O) groups excluding carboxylic acids is 1. The Kier molecular flexibility index (Phi) is 6.04.